The van der Waals surface area contributed by atoms with Crippen LogP contribution < -0.4 is 10.6 Å². The zero-order valence-corrected chi connectivity index (χ0v) is 22.0. The van der Waals surface area contributed by atoms with Crippen molar-refractivity contribution in [1.29, 1.82) is 0 Å². The first-order valence-electron chi connectivity index (χ1n) is 13.0. The van der Waals surface area contributed by atoms with Gasteiger partial charge in [-0.1, -0.05) is 43.0 Å². The van der Waals surface area contributed by atoms with Gasteiger partial charge in [0.15, 0.2) is 0 Å². The van der Waals surface area contributed by atoms with Crippen molar-refractivity contribution in [2.24, 2.45) is 0 Å². The molecule has 1 aliphatic rings. The summed E-state index contributed by atoms with van der Waals surface area (Å²) < 4.78 is 10.4. The van der Waals surface area contributed by atoms with Gasteiger partial charge in [-0.25, -0.2) is 0 Å². The van der Waals surface area contributed by atoms with E-state index in [1.807, 2.05) is 13.8 Å². The Morgan fingerprint density at radius 2 is 1.31 bits per heavy atom. The molecule has 0 spiro atoms. The van der Waals surface area contributed by atoms with E-state index in [1.165, 1.54) is 33.4 Å². The molecule has 0 unspecified atom stereocenters. The summed E-state index contributed by atoms with van der Waals surface area (Å²) in [5.41, 5.74) is 8.26. The van der Waals surface area contributed by atoms with E-state index in [9.17, 15) is 9.59 Å². The molecule has 2 aromatic rings. The molecule has 1 aliphatic carbocycles. The van der Waals surface area contributed by atoms with Crippen LogP contribution in [0.25, 0.3) is 16.7 Å². The van der Waals surface area contributed by atoms with Crippen molar-refractivity contribution in [1.82, 2.24) is 10.6 Å². The highest BCUT2D eigenvalue weighted by Crippen LogP contribution is 2.44. The number of ether oxygens (including phenoxy) is 2. The molecule has 0 radical (unpaired) electrons. The fourth-order valence-electron chi connectivity index (χ4n) is 4.47. The highest BCUT2D eigenvalue weighted by Gasteiger charge is 2.22. The number of methoxy groups -OCH3 is 1. The molecule has 2 N–H and O–H groups in total. The third-order valence-electron chi connectivity index (χ3n) is 6.35. The Balaban J connectivity index is 1.49. The minimum absolute atomic E-state index is 0.0650. The van der Waals surface area contributed by atoms with E-state index in [1.54, 1.807) is 7.11 Å². The second-order valence-corrected chi connectivity index (χ2v) is 9.56. The molecule has 0 bridgehead atoms. The summed E-state index contributed by atoms with van der Waals surface area (Å²) in [5.74, 6) is 0.135. The Hall–Kier alpha value is -2.96. The molecule has 6 nitrogen and oxygen atoms in total. The molecule has 0 aromatic heterocycles. The Labute approximate surface area is 215 Å². The molecule has 3 rings (SSSR count). The van der Waals surface area contributed by atoms with Crippen LogP contribution in [-0.2, 0) is 31.9 Å². The van der Waals surface area contributed by atoms with Crippen molar-refractivity contribution in [3.05, 3.63) is 65.2 Å². The molecular formula is C30H40N2O4. The number of carbonyl (C=O) groups excluding carboxylic acids is 2. The summed E-state index contributed by atoms with van der Waals surface area (Å²) in [6, 6.07) is 13.1. The molecular weight excluding hydrogens is 452 g/mol. The van der Waals surface area contributed by atoms with Gasteiger partial charge in [0.25, 0.3) is 0 Å². The van der Waals surface area contributed by atoms with E-state index in [-0.39, 0.29) is 17.9 Å². The summed E-state index contributed by atoms with van der Waals surface area (Å²) in [7, 11) is 1.63. The van der Waals surface area contributed by atoms with Crippen molar-refractivity contribution in [2.45, 2.75) is 58.5 Å². The molecule has 0 saturated carbocycles. The predicted octanol–water partition coefficient (Wildman–Crippen LogP) is 4.68. The Morgan fingerprint density at radius 3 is 1.78 bits per heavy atom. The minimum atomic E-state index is 0.0650. The molecule has 2 amide bonds. The third-order valence-corrected chi connectivity index (χ3v) is 6.35. The number of benzene rings is 2. The monoisotopic (exact) mass is 492 g/mol. The van der Waals surface area contributed by atoms with Crippen LogP contribution in [0.3, 0.4) is 0 Å². The average Bonchev–Trinajstić information content (AvgIpc) is 3.13. The van der Waals surface area contributed by atoms with Crippen LogP contribution in [0, 0.1) is 0 Å². The number of nitrogens with one attached hydrogen (secondary N) is 2. The maximum atomic E-state index is 12.1. The van der Waals surface area contributed by atoms with Gasteiger partial charge in [-0.3, -0.25) is 9.59 Å². The van der Waals surface area contributed by atoms with E-state index < -0.39 is 0 Å². The summed E-state index contributed by atoms with van der Waals surface area (Å²) >= 11 is 0. The SMILES string of the molecule is C=C1c2cc(CCCC(=O)NCCOC)ccc2-c2ccc(CCCC(=O)NCCOC(C)C)cc21. The van der Waals surface area contributed by atoms with Crippen molar-refractivity contribution < 1.29 is 19.1 Å². The lowest BCUT2D eigenvalue weighted by Crippen LogP contribution is -2.27. The second-order valence-electron chi connectivity index (χ2n) is 9.56. The van der Waals surface area contributed by atoms with E-state index in [0.717, 1.165) is 31.3 Å². The zero-order valence-electron chi connectivity index (χ0n) is 22.0. The molecule has 0 fully saturated rings. The molecule has 0 saturated heterocycles. The lowest BCUT2D eigenvalue weighted by atomic mass is 9.99. The number of rotatable bonds is 15. The molecule has 0 atom stereocenters. The van der Waals surface area contributed by atoms with E-state index in [4.69, 9.17) is 9.47 Å². The quantitative estimate of drug-likeness (QED) is 0.302. The highest BCUT2D eigenvalue weighted by molar-refractivity contribution is 6.00. The first-order chi connectivity index (χ1) is 17.4. The van der Waals surface area contributed by atoms with Crippen molar-refractivity contribution in [3.8, 4) is 11.1 Å². The van der Waals surface area contributed by atoms with Crippen molar-refractivity contribution in [3.63, 3.8) is 0 Å². The van der Waals surface area contributed by atoms with Crippen molar-refractivity contribution >= 4 is 17.4 Å². The fraction of sp³-hybridized carbons (Fsp3) is 0.467. The van der Waals surface area contributed by atoms with E-state index >= 15 is 0 Å². The van der Waals surface area contributed by atoms with Crippen LogP contribution in [0.2, 0.25) is 0 Å². The lowest BCUT2D eigenvalue weighted by molar-refractivity contribution is -0.122. The van der Waals surface area contributed by atoms with Crippen LogP contribution in [0.15, 0.2) is 43.0 Å². The first-order valence-corrected chi connectivity index (χ1v) is 13.0. The van der Waals surface area contributed by atoms with Gasteiger partial charge in [-0.05, 0) is 78.5 Å². The summed E-state index contributed by atoms with van der Waals surface area (Å²) in [6.07, 6.45) is 4.51. The molecule has 2 aromatic carbocycles. The van der Waals surface area contributed by atoms with Gasteiger partial charge in [0, 0.05) is 33.0 Å². The van der Waals surface area contributed by atoms with Crippen LogP contribution in [0.4, 0.5) is 0 Å². The molecule has 6 heteroatoms. The largest absolute Gasteiger partial charge is 0.383 e. The van der Waals surface area contributed by atoms with Gasteiger partial charge in [0.1, 0.15) is 0 Å². The summed E-state index contributed by atoms with van der Waals surface area (Å²) in [5, 5.41) is 5.78. The average molecular weight is 493 g/mol. The fourth-order valence-corrected chi connectivity index (χ4v) is 4.47. The second kappa shape index (κ2) is 14.0. The van der Waals surface area contributed by atoms with E-state index in [0.29, 0.717) is 39.1 Å². The standard InChI is InChI=1S/C30H40N2O4/c1-21(2)36-18-16-32-30(34)10-6-8-24-12-14-26-25-13-11-23(19-27(25)22(3)28(26)20-24)7-5-9-29(33)31-15-17-35-4/h11-14,19-21H,3,5-10,15-18H2,1-2,4H3,(H,31,33)(H,32,34). The number of hydrogen-bond acceptors (Lipinski definition) is 4. The summed E-state index contributed by atoms with van der Waals surface area (Å²) in [6.45, 7) is 10.5. The minimum Gasteiger partial charge on any atom is -0.383 e. The van der Waals surface area contributed by atoms with Gasteiger partial charge in [0.05, 0.1) is 19.3 Å². The number of fused-ring (bicyclic) bond motifs is 3. The number of amides is 2. The maximum Gasteiger partial charge on any atom is 0.220 e. The van der Waals surface area contributed by atoms with Crippen molar-refractivity contribution in [2.75, 3.05) is 33.4 Å². The molecule has 36 heavy (non-hydrogen) atoms. The van der Waals surface area contributed by atoms with Gasteiger partial charge in [-0.15, -0.1) is 0 Å². The number of carbonyl (C=O) groups is 2. The van der Waals surface area contributed by atoms with Gasteiger partial charge < -0.3 is 20.1 Å². The molecule has 194 valence electrons. The van der Waals surface area contributed by atoms with Crippen LogP contribution in [0.1, 0.15) is 61.8 Å². The normalized spacial score (nSPS) is 11.9. The first kappa shape index (κ1) is 27.6. The smallest absolute Gasteiger partial charge is 0.220 e. The maximum absolute atomic E-state index is 12.1. The molecule has 0 heterocycles. The lowest BCUT2D eigenvalue weighted by Gasteiger charge is -2.09. The predicted molar refractivity (Wildman–Crippen MR) is 145 cm³/mol. The van der Waals surface area contributed by atoms with Gasteiger partial charge in [-0.2, -0.15) is 0 Å². The Bertz CT molecular complexity index is 1060. The Kier molecular flexibility index (Phi) is 10.7. The number of aryl methyl sites for hydroxylation is 2. The Morgan fingerprint density at radius 1 is 0.806 bits per heavy atom. The van der Waals surface area contributed by atoms with Crippen LogP contribution >= 0.6 is 0 Å². The zero-order chi connectivity index (χ0) is 25.9. The van der Waals surface area contributed by atoms with Crippen LogP contribution in [-0.4, -0.2) is 51.3 Å². The molecule has 0 aliphatic heterocycles. The highest BCUT2D eigenvalue weighted by atomic mass is 16.5. The van der Waals surface area contributed by atoms with E-state index in [2.05, 4.69) is 53.6 Å². The van der Waals surface area contributed by atoms with Crippen LogP contribution in [0.5, 0.6) is 0 Å². The van der Waals surface area contributed by atoms with Gasteiger partial charge in [0.2, 0.25) is 11.8 Å². The topological polar surface area (TPSA) is 76.7 Å². The third kappa shape index (κ3) is 8.04. The summed E-state index contributed by atoms with van der Waals surface area (Å²) in [4.78, 5) is 24.0. The number of hydrogen-bond donors (Lipinski definition) is 2. The van der Waals surface area contributed by atoms with Gasteiger partial charge >= 0.3 is 0 Å².